The molecule has 0 aromatic rings. The van der Waals surface area contributed by atoms with Gasteiger partial charge in [-0.1, -0.05) is 0 Å². The van der Waals surface area contributed by atoms with Gasteiger partial charge >= 0.3 is 0 Å². The number of carbonyl (C=O) groups is 1. The van der Waals surface area contributed by atoms with Gasteiger partial charge in [0.25, 0.3) is 0 Å². The topological polar surface area (TPSA) is 145 Å². The summed E-state index contributed by atoms with van der Waals surface area (Å²) in [5.74, 6) is -0.500. The third-order valence-corrected chi connectivity index (χ3v) is 3.12. The second-order valence-corrected chi connectivity index (χ2v) is 4.41. The van der Waals surface area contributed by atoms with Gasteiger partial charge in [0.05, 0.1) is 6.61 Å². The Labute approximate surface area is 104 Å². The van der Waals surface area contributed by atoms with Crippen LogP contribution in [0.25, 0.3) is 0 Å². The Kier molecular flexibility index (Phi) is 5.02. The highest BCUT2D eigenvalue weighted by Crippen LogP contribution is 2.31. The quantitative estimate of drug-likeness (QED) is 0.311. The molecule has 0 bridgehead atoms. The van der Waals surface area contributed by atoms with Crippen molar-refractivity contribution in [2.24, 2.45) is 5.73 Å². The van der Waals surface area contributed by atoms with Gasteiger partial charge in [0.15, 0.2) is 6.29 Å². The highest BCUT2D eigenvalue weighted by molar-refractivity contribution is 5.74. The lowest BCUT2D eigenvalue weighted by molar-refractivity contribution is -0.284. The molecule has 1 saturated heterocycles. The third kappa shape index (κ3) is 2.63. The Bertz CT molecular complexity index is 302. The van der Waals surface area contributed by atoms with Crippen molar-refractivity contribution < 1.29 is 30.0 Å². The third-order valence-electron chi connectivity index (χ3n) is 3.12. The number of aliphatic hydroxyl groups excluding tert-OH is 4. The maximum Gasteiger partial charge on any atom is 0.217 e. The lowest BCUT2D eigenvalue weighted by Gasteiger charge is -2.49. The normalized spacial score (nSPS) is 40.6. The highest BCUT2D eigenvalue weighted by atomic mass is 16.6. The monoisotopic (exact) mass is 264 g/mol. The van der Waals surface area contributed by atoms with Crippen LogP contribution < -0.4 is 11.1 Å². The summed E-state index contributed by atoms with van der Waals surface area (Å²) >= 11 is 0. The summed E-state index contributed by atoms with van der Waals surface area (Å²) in [6.45, 7) is 0.713. The van der Waals surface area contributed by atoms with E-state index in [0.29, 0.717) is 0 Å². The lowest BCUT2D eigenvalue weighted by Crippen LogP contribution is -2.73. The molecule has 0 aromatic carbocycles. The summed E-state index contributed by atoms with van der Waals surface area (Å²) in [6, 6.07) is 0. The van der Waals surface area contributed by atoms with Crippen LogP contribution in [0.2, 0.25) is 0 Å². The van der Waals surface area contributed by atoms with Gasteiger partial charge in [0.2, 0.25) is 5.91 Å². The number of amides is 1. The zero-order valence-corrected chi connectivity index (χ0v) is 10.1. The molecular weight excluding hydrogens is 244 g/mol. The average Bonchev–Trinajstić information content (AvgIpc) is 2.31. The van der Waals surface area contributed by atoms with Gasteiger partial charge in [0.1, 0.15) is 23.9 Å². The van der Waals surface area contributed by atoms with Crippen LogP contribution in [0.15, 0.2) is 0 Å². The zero-order valence-electron chi connectivity index (χ0n) is 10.1. The second-order valence-electron chi connectivity index (χ2n) is 4.41. The summed E-state index contributed by atoms with van der Waals surface area (Å²) in [7, 11) is 0. The van der Waals surface area contributed by atoms with E-state index < -0.39 is 42.7 Å². The van der Waals surface area contributed by atoms with Crippen molar-refractivity contribution in [1.82, 2.24) is 5.32 Å². The van der Waals surface area contributed by atoms with Crippen LogP contribution in [0.4, 0.5) is 0 Å². The highest BCUT2D eigenvalue weighted by Gasteiger charge is 2.55. The van der Waals surface area contributed by atoms with Crippen LogP contribution in [0.1, 0.15) is 13.3 Å². The van der Waals surface area contributed by atoms with E-state index in [1.807, 2.05) is 0 Å². The fourth-order valence-corrected chi connectivity index (χ4v) is 2.21. The minimum absolute atomic E-state index is 0.0180. The van der Waals surface area contributed by atoms with Crippen molar-refractivity contribution in [2.75, 3.05) is 13.2 Å². The maximum atomic E-state index is 11.2. The van der Waals surface area contributed by atoms with Crippen LogP contribution in [0.5, 0.6) is 0 Å². The van der Waals surface area contributed by atoms with Crippen molar-refractivity contribution in [3.05, 3.63) is 0 Å². The number of ether oxygens (including phenoxy) is 1. The molecule has 1 aliphatic rings. The minimum atomic E-state index is -1.58. The molecule has 0 aliphatic carbocycles. The molecule has 1 rings (SSSR count). The molecular formula is C10H20N2O6. The largest absolute Gasteiger partial charge is 0.394 e. The Morgan fingerprint density at radius 1 is 1.44 bits per heavy atom. The van der Waals surface area contributed by atoms with E-state index in [1.54, 1.807) is 0 Å². The van der Waals surface area contributed by atoms with Crippen molar-refractivity contribution >= 4 is 5.91 Å². The molecule has 0 saturated carbocycles. The van der Waals surface area contributed by atoms with E-state index >= 15 is 0 Å². The van der Waals surface area contributed by atoms with E-state index in [4.69, 9.17) is 15.6 Å². The van der Waals surface area contributed by atoms with Crippen molar-refractivity contribution in [2.45, 2.75) is 43.5 Å². The molecule has 1 heterocycles. The van der Waals surface area contributed by atoms with E-state index in [9.17, 15) is 20.1 Å². The Morgan fingerprint density at radius 2 is 2.06 bits per heavy atom. The number of rotatable bonds is 4. The Balaban J connectivity index is 3.03. The number of hydrogen-bond acceptors (Lipinski definition) is 7. The smallest absolute Gasteiger partial charge is 0.217 e. The molecule has 8 nitrogen and oxygen atoms in total. The first-order valence-corrected chi connectivity index (χ1v) is 5.68. The van der Waals surface area contributed by atoms with Gasteiger partial charge in [-0.3, -0.25) is 4.79 Å². The van der Waals surface area contributed by atoms with Crippen LogP contribution in [0.3, 0.4) is 0 Å². The van der Waals surface area contributed by atoms with Crippen LogP contribution >= 0.6 is 0 Å². The molecule has 8 heteroatoms. The number of aliphatic hydroxyl groups is 4. The van der Waals surface area contributed by atoms with Crippen LogP contribution in [0, 0.1) is 0 Å². The number of nitrogens with two attached hydrogens (primary N) is 1. The first-order chi connectivity index (χ1) is 8.39. The molecule has 0 radical (unpaired) electrons. The van der Waals surface area contributed by atoms with Gasteiger partial charge in [-0.15, -0.1) is 0 Å². The molecule has 1 fully saturated rings. The SMILES string of the molecule is CC(=O)N[C@@]1(CCN)[C@H](O)O[C@H](CO)[C@@H](O)[C@@H]1O. The van der Waals surface area contributed by atoms with E-state index in [1.165, 1.54) is 6.92 Å². The first kappa shape index (κ1) is 15.3. The summed E-state index contributed by atoms with van der Waals surface area (Å²) in [4.78, 5) is 11.2. The summed E-state index contributed by atoms with van der Waals surface area (Å²) in [5.41, 5.74) is 3.82. The summed E-state index contributed by atoms with van der Waals surface area (Å²) < 4.78 is 5.01. The summed E-state index contributed by atoms with van der Waals surface area (Å²) in [6.07, 6.45) is -5.60. The molecule has 7 N–H and O–H groups in total. The molecule has 0 aromatic heterocycles. The molecule has 0 unspecified atom stereocenters. The zero-order chi connectivity index (χ0) is 13.9. The predicted octanol–water partition coefficient (Wildman–Crippen LogP) is -3.36. The fourth-order valence-electron chi connectivity index (χ4n) is 2.21. The average molecular weight is 264 g/mol. The Morgan fingerprint density at radius 3 is 2.50 bits per heavy atom. The van der Waals surface area contributed by atoms with E-state index in [-0.39, 0.29) is 13.0 Å². The molecule has 1 amide bonds. The second kappa shape index (κ2) is 5.91. The van der Waals surface area contributed by atoms with Gasteiger partial charge in [-0.25, -0.2) is 0 Å². The van der Waals surface area contributed by atoms with E-state index in [0.717, 1.165) is 0 Å². The number of nitrogens with one attached hydrogen (secondary N) is 1. The van der Waals surface area contributed by atoms with Crippen LogP contribution in [-0.4, -0.2) is 69.6 Å². The standard InChI is InChI=1S/C10H20N2O6/c1-5(14)12-10(2-3-11)8(16)7(15)6(4-13)18-9(10)17/h6-9,13,15-17H,2-4,11H2,1H3,(H,12,14)/t6-,7-,8+,9-,10-/m1/s1. The van der Waals surface area contributed by atoms with E-state index in [2.05, 4.69) is 5.32 Å². The van der Waals surface area contributed by atoms with Crippen molar-refractivity contribution in [3.63, 3.8) is 0 Å². The first-order valence-electron chi connectivity index (χ1n) is 5.68. The molecule has 18 heavy (non-hydrogen) atoms. The van der Waals surface area contributed by atoms with Gasteiger partial charge in [0, 0.05) is 6.92 Å². The van der Waals surface area contributed by atoms with Gasteiger partial charge < -0.3 is 36.2 Å². The molecule has 0 spiro atoms. The molecule has 1 aliphatic heterocycles. The predicted molar refractivity (Wildman–Crippen MR) is 60.2 cm³/mol. The van der Waals surface area contributed by atoms with Crippen molar-refractivity contribution in [3.8, 4) is 0 Å². The number of hydrogen-bond donors (Lipinski definition) is 6. The fraction of sp³-hybridized carbons (Fsp3) is 0.900. The summed E-state index contributed by atoms with van der Waals surface area (Å²) in [5, 5.41) is 41.1. The maximum absolute atomic E-state index is 11.2. The lowest BCUT2D eigenvalue weighted by atomic mass is 9.80. The van der Waals surface area contributed by atoms with Crippen molar-refractivity contribution in [1.29, 1.82) is 0 Å². The molecule has 106 valence electrons. The van der Waals surface area contributed by atoms with Gasteiger partial charge in [-0.05, 0) is 13.0 Å². The van der Waals surface area contributed by atoms with Crippen LogP contribution in [-0.2, 0) is 9.53 Å². The Hall–Kier alpha value is -0.770. The molecule has 5 atom stereocenters. The minimum Gasteiger partial charge on any atom is -0.394 e. The number of carbonyl (C=O) groups excluding carboxylic acids is 1. The van der Waals surface area contributed by atoms with Gasteiger partial charge in [-0.2, -0.15) is 0 Å².